The van der Waals surface area contributed by atoms with Crippen molar-refractivity contribution in [3.8, 4) is 11.4 Å². The minimum absolute atomic E-state index is 0.573. The summed E-state index contributed by atoms with van der Waals surface area (Å²) in [5.74, 6) is 1.48. The number of aromatic nitrogens is 2. The van der Waals surface area contributed by atoms with Crippen LogP contribution in [0.2, 0.25) is 0 Å². The number of nitrogens with zero attached hydrogens (tertiary/aromatic N) is 2. The van der Waals surface area contributed by atoms with Gasteiger partial charge in [0.05, 0.1) is 0 Å². The van der Waals surface area contributed by atoms with Crippen LogP contribution in [0.5, 0.6) is 0 Å². The first kappa shape index (κ1) is 10.4. The Morgan fingerprint density at radius 1 is 1.12 bits per heavy atom. The molecule has 0 bridgehead atoms. The summed E-state index contributed by atoms with van der Waals surface area (Å²) in [4.78, 5) is 8.95. The quantitative estimate of drug-likeness (QED) is 0.873. The fraction of sp³-hybridized carbons (Fsp3) is 0.286. The normalized spacial score (nSPS) is 14.9. The number of nitrogens with two attached hydrogens (primary N) is 1. The minimum Gasteiger partial charge on any atom is -0.326 e. The summed E-state index contributed by atoms with van der Waals surface area (Å²) in [6.45, 7) is 0.573. The molecule has 1 fully saturated rings. The molecule has 0 radical (unpaired) electrons. The van der Waals surface area contributed by atoms with E-state index in [2.05, 4.69) is 9.97 Å². The largest absolute Gasteiger partial charge is 0.326 e. The lowest BCUT2D eigenvalue weighted by Crippen LogP contribution is -1.96. The molecule has 1 aliphatic rings. The van der Waals surface area contributed by atoms with Crippen LogP contribution < -0.4 is 5.73 Å². The van der Waals surface area contributed by atoms with Crippen LogP contribution in [-0.4, -0.2) is 9.97 Å². The highest BCUT2D eigenvalue weighted by Gasteiger charge is 2.25. The summed E-state index contributed by atoms with van der Waals surface area (Å²) in [6.07, 6.45) is 4.39. The van der Waals surface area contributed by atoms with Gasteiger partial charge in [-0.25, -0.2) is 9.97 Å². The number of benzene rings is 1. The maximum absolute atomic E-state index is 5.58. The van der Waals surface area contributed by atoms with Gasteiger partial charge in [0, 0.05) is 29.9 Å². The third-order valence-electron chi connectivity index (χ3n) is 3.12. The third-order valence-corrected chi connectivity index (χ3v) is 3.12. The van der Waals surface area contributed by atoms with Gasteiger partial charge in [-0.2, -0.15) is 0 Å². The summed E-state index contributed by atoms with van der Waals surface area (Å²) in [5.41, 5.74) is 8.95. The second kappa shape index (κ2) is 4.26. The van der Waals surface area contributed by atoms with E-state index in [1.165, 1.54) is 18.5 Å². The molecule has 0 aliphatic heterocycles. The molecule has 3 heteroatoms. The van der Waals surface area contributed by atoms with Crippen LogP contribution in [0.15, 0.2) is 36.5 Å². The van der Waals surface area contributed by atoms with Crippen molar-refractivity contribution < 1.29 is 0 Å². The Balaban J connectivity index is 1.93. The van der Waals surface area contributed by atoms with Crippen molar-refractivity contribution in [2.75, 3.05) is 0 Å². The Morgan fingerprint density at radius 3 is 2.53 bits per heavy atom. The highest BCUT2D eigenvalue weighted by molar-refractivity contribution is 5.55. The molecule has 1 saturated carbocycles. The van der Waals surface area contributed by atoms with Gasteiger partial charge in [-0.05, 0) is 24.5 Å². The van der Waals surface area contributed by atoms with Crippen molar-refractivity contribution >= 4 is 0 Å². The van der Waals surface area contributed by atoms with Gasteiger partial charge in [-0.3, -0.25) is 0 Å². The zero-order chi connectivity index (χ0) is 11.7. The second-order valence-corrected chi connectivity index (χ2v) is 4.48. The summed E-state index contributed by atoms with van der Waals surface area (Å²) in [7, 11) is 0. The van der Waals surface area contributed by atoms with Gasteiger partial charge in [0.1, 0.15) is 0 Å². The molecule has 1 heterocycles. The van der Waals surface area contributed by atoms with Gasteiger partial charge in [0.15, 0.2) is 5.82 Å². The zero-order valence-corrected chi connectivity index (χ0v) is 9.63. The van der Waals surface area contributed by atoms with Crippen molar-refractivity contribution in [1.82, 2.24) is 9.97 Å². The maximum Gasteiger partial charge on any atom is 0.159 e. The van der Waals surface area contributed by atoms with Gasteiger partial charge in [-0.1, -0.05) is 24.3 Å². The molecule has 86 valence electrons. The Kier molecular flexibility index (Phi) is 2.61. The maximum atomic E-state index is 5.58. The van der Waals surface area contributed by atoms with Crippen LogP contribution in [-0.2, 0) is 6.54 Å². The van der Waals surface area contributed by atoms with Gasteiger partial charge in [-0.15, -0.1) is 0 Å². The average Bonchev–Trinajstić information content (AvgIpc) is 3.23. The molecular weight excluding hydrogens is 210 g/mol. The SMILES string of the molecule is NCc1ccc(-c2nccc(C3CC3)n2)cc1. The lowest BCUT2D eigenvalue weighted by atomic mass is 10.1. The summed E-state index contributed by atoms with van der Waals surface area (Å²) in [5, 5.41) is 0. The number of hydrogen-bond acceptors (Lipinski definition) is 3. The fourth-order valence-electron chi connectivity index (χ4n) is 1.91. The van der Waals surface area contributed by atoms with Crippen molar-refractivity contribution in [3.05, 3.63) is 47.8 Å². The van der Waals surface area contributed by atoms with E-state index in [0.29, 0.717) is 12.5 Å². The standard InChI is InChI=1S/C14H15N3/c15-9-10-1-3-12(4-2-10)14-16-8-7-13(17-14)11-5-6-11/h1-4,7-8,11H,5-6,9,15H2. The molecule has 1 aromatic heterocycles. The van der Waals surface area contributed by atoms with Crippen molar-refractivity contribution in [1.29, 1.82) is 0 Å². The highest BCUT2D eigenvalue weighted by atomic mass is 14.9. The molecule has 17 heavy (non-hydrogen) atoms. The fourth-order valence-corrected chi connectivity index (χ4v) is 1.91. The van der Waals surface area contributed by atoms with Gasteiger partial charge in [0.2, 0.25) is 0 Å². The first-order valence-corrected chi connectivity index (χ1v) is 5.99. The molecule has 2 aromatic rings. The predicted octanol–water partition coefficient (Wildman–Crippen LogP) is 2.48. The van der Waals surface area contributed by atoms with Crippen LogP contribution in [0.25, 0.3) is 11.4 Å². The Bertz CT molecular complexity index is 515. The summed E-state index contributed by atoms with van der Waals surface area (Å²) >= 11 is 0. The van der Waals surface area contributed by atoms with E-state index in [9.17, 15) is 0 Å². The molecule has 1 aliphatic carbocycles. The molecule has 1 aromatic carbocycles. The lowest BCUT2D eigenvalue weighted by molar-refractivity contribution is 0.993. The predicted molar refractivity (Wildman–Crippen MR) is 67.3 cm³/mol. The Hall–Kier alpha value is -1.74. The molecule has 0 saturated heterocycles. The molecule has 3 rings (SSSR count). The van der Waals surface area contributed by atoms with Gasteiger partial charge in [0.25, 0.3) is 0 Å². The first-order valence-electron chi connectivity index (χ1n) is 5.99. The molecule has 0 spiro atoms. The topological polar surface area (TPSA) is 51.8 Å². The van der Waals surface area contributed by atoms with Crippen LogP contribution >= 0.6 is 0 Å². The Labute approximate surface area is 101 Å². The molecule has 2 N–H and O–H groups in total. The van der Waals surface area contributed by atoms with E-state index < -0.39 is 0 Å². The van der Waals surface area contributed by atoms with Crippen LogP contribution in [0, 0.1) is 0 Å². The van der Waals surface area contributed by atoms with Crippen molar-refractivity contribution in [3.63, 3.8) is 0 Å². The van der Waals surface area contributed by atoms with Gasteiger partial charge >= 0.3 is 0 Å². The summed E-state index contributed by atoms with van der Waals surface area (Å²) in [6, 6.07) is 10.2. The average molecular weight is 225 g/mol. The summed E-state index contributed by atoms with van der Waals surface area (Å²) < 4.78 is 0. The minimum atomic E-state index is 0.573. The molecular formula is C14H15N3. The molecule has 0 unspecified atom stereocenters. The van der Waals surface area contributed by atoms with E-state index in [-0.39, 0.29) is 0 Å². The van der Waals surface area contributed by atoms with Gasteiger partial charge < -0.3 is 5.73 Å². The van der Waals surface area contributed by atoms with Crippen LogP contribution in [0.4, 0.5) is 0 Å². The van der Waals surface area contributed by atoms with Crippen molar-refractivity contribution in [2.45, 2.75) is 25.3 Å². The molecule has 0 amide bonds. The van der Waals surface area contributed by atoms with Crippen LogP contribution in [0.1, 0.15) is 30.0 Å². The van der Waals surface area contributed by atoms with E-state index in [0.717, 1.165) is 17.0 Å². The first-order chi connectivity index (χ1) is 8.36. The number of rotatable bonds is 3. The van der Waals surface area contributed by atoms with E-state index in [4.69, 9.17) is 5.73 Å². The van der Waals surface area contributed by atoms with E-state index >= 15 is 0 Å². The Morgan fingerprint density at radius 2 is 1.88 bits per heavy atom. The lowest BCUT2D eigenvalue weighted by Gasteiger charge is -2.03. The van der Waals surface area contributed by atoms with E-state index in [1.807, 2.05) is 36.5 Å². The highest BCUT2D eigenvalue weighted by Crippen LogP contribution is 2.39. The second-order valence-electron chi connectivity index (χ2n) is 4.48. The number of hydrogen-bond donors (Lipinski definition) is 1. The van der Waals surface area contributed by atoms with Crippen molar-refractivity contribution in [2.24, 2.45) is 5.73 Å². The molecule has 0 atom stereocenters. The third kappa shape index (κ3) is 2.19. The zero-order valence-electron chi connectivity index (χ0n) is 9.63. The van der Waals surface area contributed by atoms with Crippen LogP contribution in [0.3, 0.4) is 0 Å². The smallest absolute Gasteiger partial charge is 0.159 e. The monoisotopic (exact) mass is 225 g/mol. The molecule has 3 nitrogen and oxygen atoms in total. The van der Waals surface area contributed by atoms with E-state index in [1.54, 1.807) is 0 Å².